The first-order chi connectivity index (χ1) is 7.98. The summed E-state index contributed by atoms with van der Waals surface area (Å²) in [5.74, 6) is 0.284. The number of sulfone groups is 1. The molecular formula is C9H18N2O4S2. The van der Waals surface area contributed by atoms with Crippen LogP contribution in [0.3, 0.4) is 0 Å². The zero-order valence-electron chi connectivity index (χ0n) is 9.50. The molecule has 0 radical (unpaired) electrons. The van der Waals surface area contributed by atoms with Crippen molar-refractivity contribution in [2.45, 2.75) is 12.5 Å². The fraction of sp³-hybridized carbons (Fsp3) is 0.889. The molecule has 1 aliphatic heterocycles. The number of rotatable bonds is 5. The third-order valence-electron chi connectivity index (χ3n) is 2.59. The van der Waals surface area contributed by atoms with E-state index in [0.29, 0.717) is 24.6 Å². The molecule has 1 aliphatic rings. The van der Waals surface area contributed by atoms with Gasteiger partial charge in [0.2, 0.25) is 0 Å². The van der Waals surface area contributed by atoms with Crippen LogP contribution in [0.2, 0.25) is 0 Å². The van der Waals surface area contributed by atoms with Crippen molar-refractivity contribution in [2.75, 3.05) is 37.8 Å². The summed E-state index contributed by atoms with van der Waals surface area (Å²) in [5.41, 5.74) is 0. The van der Waals surface area contributed by atoms with Crippen molar-refractivity contribution in [3.05, 3.63) is 0 Å². The molecule has 0 bridgehead atoms. The summed E-state index contributed by atoms with van der Waals surface area (Å²) in [6.07, 6.45) is 0.550. The molecule has 0 saturated carbocycles. The summed E-state index contributed by atoms with van der Waals surface area (Å²) in [6, 6.07) is -0.160. The average molecular weight is 282 g/mol. The lowest BCUT2D eigenvalue weighted by atomic mass is 10.3. The molecule has 0 spiro atoms. The van der Waals surface area contributed by atoms with Gasteiger partial charge in [0.15, 0.2) is 14.9 Å². The highest BCUT2D eigenvalue weighted by Gasteiger charge is 2.28. The van der Waals surface area contributed by atoms with E-state index in [9.17, 15) is 8.42 Å². The molecule has 1 fully saturated rings. The van der Waals surface area contributed by atoms with Gasteiger partial charge in [-0.1, -0.05) is 0 Å². The molecule has 1 atom stereocenters. The molecule has 0 unspecified atom stereocenters. The lowest BCUT2D eigenvalue weighted by molar-refractivity contribution is 0.210. The van der Waals surface area contributed by atoms with Gasteiger partial charge in [0.25, 0.3) is 0 Å². The van der Waals surface area contributed by atoms with Gasteiger partial charge in [0, 0.05) is 19.1 Å². The number of hydrogen-bond acceptors (Lipinski definition) is 5. The normalized spacial score (nSPS) is 22.4. The predicted octanol–water partition coefficient (Wildman–Crippen LogP) is -1.67. The van der Waals surface area contributed by atoms with Crippen molar-refractivity contribution in [1.82, 2.24) is 10.2 Å². The van der Waals surface area contributed by atoms with Crippen LogP contribution in [0.1, 0.15) is 6.42 Å². The minimum absolute atomic E-state index is 0.0647. The van der Waals surface area contributed by atoms with Crippen molar-refractivity contribution in [2.24, 2.45) is 0 Å². The van der Waals surface area contributed by atoms with Crippen LogP contribution in [0.15, 0.2) is 0 Å². The molecule has 0 aromatic heterocycles. The molecule has 1 heterocycles. The first-order valence-corrected chi connectivity index (χ1v) is 7.69. The van der Waals surface area contributed by atoms with Gasteiger partial charge in [0.1, 0.15) is 0 Å². The summed E-state index contributed by atoms with van der Waals surface area (Å²) in [4.78, 5) is 1.63. The maximum Gasteiger partial charge on any atom is 0.169 e. The van der Waals surface area contributed by atoms with Crippen LogP contribution in [0.5, 0.6) is 0 Å². The van der Waals surface area contributed by atoms with Gasteiger partial charge in [-0.15, -0.1) is 0 Å². The summed E-state index contributed by atoms with van der Waals surface area (Å²) >= 11 is 5.12. The predicted molar refractivity (Wildman–Crippen MR) is 68.5 cm³/mol. The van der Waals surface area contributed by atoms with Crippen LogP contribution in [-0.4, -0.2) is 72.5 Å². The Labute approximate surface area is 107 Å². The molecule has 1 saturated heterocycles. The van der Waals surface area contributed by atoms with Crippen LogP contribution >= 0.6 is 12.2 Å². The Morgan fingerprint density at radius 1 is 1.35 bits per heavy atom. The molecule has 8 heteroatoms. The molecule has 17 heavy (non-hydrogen) atoms. The van der Waals surface area contributed by atoms with Crippen LogP contribution < -0.4 is 5.32 Å². The molecular weight excluding hydrogens is 264 g/mol. The molecule has 0 aliphatic carbocycles. The summed E-state index contributed by atoms with van der Waals surface area (Å²) in [7, 11) is -2.93. The Hall–Kier alpha value is -0.440. The fourth-order valence-corrected chi connectivity index (χ4v) is 3.75. The Morgan fingerprint density at radius 3 is 2.35 bits per heavy atom. The lowest BCUT2D eigenvalue weighted by Crippen LogP contribution is -2.47. The van der Waals surface area contributed by atoms with E-state index in [1.165, 1.54) is 0 Å². The SMILES string of the molecule is O=S1(=O)CC[C@@H](NC(=S)N(CCO)CCO)C1. The highest BCUT2D eigenvalue weighted by molar-refractivity contribution is 7.91. The van der Waals surface area contributed by atoms with E-state index in [4.69, 9.17) is 22.4 Å². The Morgan fingerprint density at radius 2 is 1.94 bits per heavy atom. The number of aliphatic hydroxyl groups excluding tert-OH is 2. The second-order valence-corrected chi connectivity index (χ2v) is 6.60. The summed E-state index contributed by atoms with van der Waals surface area (Å²) < 4.78 is 22.5. The van der Waals surface area contributed by atoms with E-state index in [0.717, 1.165) is 0 Å². The average Bonchev–Trinajstić information content (AvgIpc) is 2.57. The Bertz CT molecular complexity index is 352. The van der Waals surface area contributed by atoms with Crippen molar-refractivity contribution < 1.29 is 18.6 Å². The molecule has 6 nitrogen and oxygen atoms in total. The highest BCUT2D eigenvalue weighted by atomic mass is 32.2. The van der Waals surface area contributed by atoms with Gasteiger partial charge in [-0.05, 0) is 18.6 Å². The first kappa shape index (κ1) is 14.6. The molecule has 0 aromatic carbocycles. The maximum atomic E-state index is 11.3. The van der Waals surface area contributed by atoms with Gasteiger partial charge in [-0.2, -0.15) is 0 Å². The third-order valence-corrected chi connectivity index (χ3v) is 4.73. The zero-order valence-corrected chi connectivity index (χ0v) is 11.1. The summed E-state index contributed by atoms with van der Waals surface area (Å²) in [5, 5.41) is 21.0. The monoisotopic (exact) mass is 282 g/mol. The van der Waals surface area contributed by atoms with E-state index in [-0.39, 0.29) is 30.8 Å². The van der Waals surface area contributed by atoms with E-state index in [1.807, 2.05) is 0 Å². The number of thiocarbonyl (C=S) groups is 1. The number of nitrogens with zero attached hydrogens (tertiary/aromatic N) is 1. The van der Waals surface area contributed by atoms with E-state index in [2.05, 4.69) is 5.32 Å². The third kappa shape index (κ3) is 4.74. The molecule has 1 rings (SSSR count). The molecule has 100 valence electrons. The van der Waals surface area contributed by atoms with Crippen molar-refractivity contribution >= 4 is 27.2 Å². The second kappa shape index (κ2) is 6.48. The Kier molecular flexibility index (Phi) is 5.57. The fourth-order valence-electron chi connectivity index (χ4n) is 1.73. The minimum atomic E-state index is -2.93. The van der Waals surface area contributed by atoms with Crippen LogP contribution in [-0.2, 0) is 9.84 Å². The molecule has 0 amide bonds. The number of nitrogens with one attached hydrogen (secondary N) is 1. The standard InChI is InChI=1S/C9H18N2O4S2/c12-4-2-11(3-5-13)9(16)10-8-1-6-17(14,15)7-8/h8,12-13H,1-7H2,(H,10,16)/t8-/m1/s1. The molecule has 0 aromatic rings. The largest absolute Gasteiger partial charge is 0.395 e. The van der Waals surface area contributed by atoms with E-state index < -0.39 is 9.84 Å². The van der Waals surface area contributed by atoms with E-state index >= 15 is 0 Å². The second-order valence-electron chi connectivity index (χ2n) is 3.98. The van der Waals surface area contributed by atoms with Gasteiger partial charge in [-0.25, -0.2) is 8.42 Å². The molecule has 3 N–H and O–H groups in total. The quantitative estimate of drug-likeness (QED) is 0.520. The van der Waals surface area contributed by atoms with Crippen LogP contribution in [0, 0.1) is 0 Å². The van der Waals surface area contributed by atoms with Crippen molar-refractivity contribution in [1.29, 1.82) is 0 Å². The maximum absolute atomic E-state index is 11.3. The smallest absolute Gasteiger partial charge is 0.169 e. The minimum Gasteiger partial charge on any atom is -0.395 e. The van der Waals surface area contributed by atoms with Crippen LogP contribution in [0.4, 0.5) is 0 Å². The van der Waals surface area contributed by atoms with Gasteiger partial charge in [0.05, 0.1) is 24.7 Å². The van der Waals surface area contributed by atoms with Crippen molar-refractivity contribution in [3.8, 4) is 0 Å². The van der Waals surface area contributed by atoms with Gasteiger partial charge in [-0.3, -0.25) is 0 Å². The Balaban J connectivity index is 2.47. The zero-order chi connectivity index (χ0) is 12.9. The summed E-state index contributed by atoms with van der Waals surface area (Å²) in [6.45, 7) is 0.521. The van der Waals surface area contributed by atoms with E-state index in [1.54, 1.807) is 4.90 Å². The van der Waals surface area contributed by atoms with Gasteiger partial charge < -0.3 is 20.4 Å². The number of hydrogen-bond donors (Lipinski definition) is 3. The highest BCUT2D eigenvalue weighted by Crippen LogP contribution is 2.11. The lowest BCUT2D eigenvalue weighted by Gasteiger charge is -2.26. The van der Waals surface area contributed by atoms with Crippen molar-refractivity contribution in [3.63, 3.8) is 0 Å². The van der Waals surface area contributed by atoms with Gasteiger partial charge >= 0.3 is 0 Å². The first-order valence-electron chi connectivity index (χ1n) is 5.46. The number of aliphatic hydroxyl groups is 2. The van der Waals surface area contributed by atoms with Crippen LogP contribution in [0.25, 0.3) is 0 Å². The topological polar surface area (TPSA) is 89.9 Å².